The molecule has 2 saturated heterocycles. The van der Waals surface area contributed by atoms with Crippen molar-refractivity contribution in [3.63, 3.8) is 0 Å². The fourth-order valence-corrected chi connectivity index (χ4v) is 5.38. The number of hydrogen-bond acceptors (Lipinski definition) is 4. The Morgan fingerprint density at radius 2 is 1.88 bits per heavy atom. The number of fused-ring (bicyclic) bond motifs is 1. The summed E-state index contributed by atoms with van der Waals surface area (Å²) in [5.74, 6) is -0.978. The lowest BCUT2D eigenvalue weighted by molar-refractivity contribution is -0.167. The maximum atomic E-state index is 13.8. The van der Waals surface area contributed by atoms with Crippen molar-refractivity contribution < 1.29 is 31.9 Å². The molecule has 40 heavy (non-hydrogen) atoms. The van der Waals surface area contributed by atoms with E-state index in [0.29, 0.717) is 36.9 Å². The second kappa shape index (κ2) is 12.2. The van der Waals surface area contributed by atoms with Crippen molar-refractivity contribution >= 4 is 17.8 Å². The number of rotatable bonds is 8. The van der Waals surface area contributed by atoms with Gasteiger partial charge in [0.2, 0.25) is 11.8 Å². The van der Waals surface area contributed by atoms with Gasteiger partial charge in [-0.25, -0.2) is 9.18 Å². The Kier molecular flexibility index (Phi) is 8.97. The number of unbranched alkanes of at least 4 members (excludes halogenated alkanes) is 1. The van der Waals surface area contributed by atoms with Gasteiger partial charge in [-0.15, -0.1) is 0 Å². The minimum absolute atomic E-state index is 0.0111. The van der Waals surface area contributed by atoms with Crippen LogP contribution < -0.4 is 11.1 Å². The Morgan fingerprint density at radius 1 is 1.10 bits per heavy atom. The van der Waals surface area contributed by atoms with Gasteiger partial charge < -0.3 is 25.8 Å². The third-order valence-electron chi connectivity index (χ3n) is 7.21. The van der Waals surface area contributed by atoms with Crippen LogP contribution in [-0.4, -0.2) is 64.4 Å². The van der Waals surface area contributed by atoms with Crippen molar-refractivity contribution in [1.29, 1.82) is 0 Å². The minimum Gasteiger partial charge on any atom is -0.334 e. The molecule has 2 aliphatic rings. The van der Waals surface area contributed by atoms with Gasteiger partial charge >= 0.3 is 12.2 Å². The molecule has 2 aliphatic heterocycles. The summed E-state index contributed by atoms with van der Waals surface area (Å²) in [4.78, 5) is 44.4. The van der Waals surface area contributed by atoms with Crippen molar-refractivity contribution in [1.82, 2.24) is 20.0 Å². The second-order valence-corrected chi connectivity index (χ2v) is 10.2. The third kappa shape index (κ3) is 6.72. The lowest BCUT2D eigenvalue weighted by atomic mass is 9.98. The number of nitrogens with two attached hydrogens (primary N) is 1. The molecule has 4 rings (SSSR count). The molecule has 2 aromatic carbocycles. The highest BCUT2D eigenvalue weighted by Crippen LogP contribution is 2.31. The van der Waals surface area contributed by atoms with E-state index in [1.807, 2.05) is 0 Å². The SMILES string of the molecule is Cc1cc(CNC(=O)N2CCC(=O)N3[C@@H]2CN(Cc2cccc(F)c2)C(=O)[C@@H]3CCCCN)cc(C(F)(F)F)c1. The zero-order chi connectivity index (χ0) is 29.0. The summed E-state index contributed by atoms with van der Waals surface area (Å²) in [5.41, 5.74) is 6.10. The molecule has 3 N–H and O–H groups in total. The molecule has 216 valence electrons. The van der Waals surface area contributed by atoms with Crippen LogP contribution in [0.15, 0.2) is 42.5 Å². The summed E-state index contributed by atoms with van der Waals surface area (Å²) in [6.07, 6.45) is -3.68. The number of nitrogens with zero attached hydrogens (tertiary/aromatic N) is 3. The Morgan fingerprint density at radius 3 is 2.58 bits per heavy atom. The van der Waals surface area contributed by atoms with Gasteiger partial charge in [0.25, 0.3) is 0 Å². The second-order valence-electron chi connectivity index (χ2n) is 10.2. The van der Waals surface area contributed by atoms with Crippen LogP contribution >= 0.6 is 0 Å². The first-order valence-electron chi connectivity index (χ1n) is 13.2. The molecule has 0 aromatic heterocycles. The van der Waals surface area contributed by atoms with Crippen LogP contribution in [-0.2, 0) is 28.9 Å². The quantitative estimate of drug-likeness (QED) is 0.378. The summed E-state index contributed by atoms with van der Waals surface area (Å²) in [6, 6.07) is 8.10. The lowest BCUT2D eigenvalue weighted by Crippen LogP contribution is -2.71. The van der Waals surface area contributed by atoms with Gasteiger partial charge in [0.15, 0.2) is 0 Å². The van der Waals surface area contributed by atoms with Crippen LogP contribution in [0.3, 0.4) is 0 Å². The van der Waals surface area contributed by atoms with E-state index >= 15 is 0 Å². The van der Waals surface area contributed by atoms with E-state index in [-0.39, 0.29) is 50.0 Å². The number of piperazine rings is 1. The smallest absolute Gasteiger partial charge is 0.334 e. The molecule has 2 fully saturated rings. The zero-order valence-corrected chi connectivity index (χ0v) is 22.2. The van der Waals surface area contributed by atoms with Gasteiger partial charge in [-0.3, -0.25) is 9.59 Å². The van der Waals surface area contributed by atoms with Crippen LogP contribution in [0, 0.1) is 12.7 Å². The fraction of sp³-hybridized carbons (Fsp3) is 0.464. The van der Waals surface area contributed by atoms with Crippen molar-refractivity contribution in [3.05, 3.63) is 70.5 Å². The van der Waals surface area contributed by atoms with Gasteiger partial charge in [0.1, 0.15) is 18.0 Å². The van der Waals surface area contributed by atoms with E-state index in [2.05, 4.69) is 5.32 Å². The van der Waals surface area contributed by atoms with E-state index in [4.69, 9.17) is 5.73 Å². The van der Waals surface area contributed by atoms with Crippen molar-refractivity contribution in [3.8, 4) is 0 Å². The highest BCUT2D eigenvalue weighted by atomic mass is 19.4. The summed E-state index contributed by atoms with van der Waals surface area (Å²) in [5, 5.41) is 2.68. The predicted octanol–water partition coefficient (Wildman–Crippen LogP) is 3.76. The molecule has 0 unspecified atom stereocenters. The molecule has 12 heteroatoms. The highest BCUT2D eigenvalue weighted by molar-refractivity contribution is 5.91. The molecule has 2 heterocycles. The van der Waals surface area contributed by atoms with Gasteiger partial charge in [-0.1, -0.05) is 23.8 Å². The summed E-state index contributed by atoms with van der Waals surface area (Å²) >= 11 is 0. The molecule has 0 aliphatic carbocycles. The van der Waals surface area contributed by atoms with Gasteiger partial charge in [-0.2, -0.15) is 13.2 Å². The number of benzene rings is 2. The largest absolute Gasteiger partial charge is 0.416 e. The number of halogens is 4. The lowest BCUT2D eigenvalue weighted by Gasteiger charge is -2.52. The number of carbonyl (C=O) groups is 3. The molecule has 0 spiro atoms. The average Bonchev–Trinajstić information content (AvgIpc) is 2.89. The molecule has 2 atom stereocenters. The monoisotopic (exact) mass is 563 g/mol. The Labute approximate surface area is 230 Å². The molecular weight excluding hydrogens is 530 g/mol. The zero-order valence-electron chi connectivity index (χ0n) is 22.2. The summed E-state index contributed by atoms with van der Waals surface area (Å²) < 4.78 is 53.6. The van der Waals surface area contributed by atoms with E-state index < -0.39 is 35.8 Å². The average molecular weight is 564 g/mol. The summed E-state index contributed by atoms with van der Waals surface area (Å²) in [6.45, 7) is 2.03. The third-order valence-corrected chi connectivity index (χ3v) is 7.21. The van der Waals surface area contributed by atoms with Crippen molar-refractivity contribution in [2.75, 3.05) is 19.6 Å². The molecule has 0 bridgehead atoms. The molecule has 4 amide bonds. The fourth-order valence-electron chi connectivity index (χ4n) is 5.38. The van der Waals surface area contributed by atoms with Crippen LogP contribution in [0.4, 0.5) is 22.4 Å². The first-order valence-corrected chi connectivity index (χ1v) is 13.2. The van der Waals surface area contributed by atoms with Crippen molar-refractivity contribution in [2.45, 2.75) is 64.1 Å². The Balaban J connectivity index is 1.56. The van der Waals surface area contributed by atoms with Gasteiger partial charge in [-0.05, 0) is 68.1 Å². The standard InChI is InChI=1S/C28H33F4N5O3/c1-18-11-20(13-21(12-18)28(30,31)32)15-34-27(40)36-10-8-25(38)37-23(7-2-3-9-33)26(39)35(17-24(36)37)16-19-5-4-6-22(29)14-19/h4-6,11-14,23-24H,2-3,7-10,15-17,33H2,1H3,(H,34,40)/t23-,24+/m0/s1. The normalized spacial score (nSPS) is 19.6. The Bertz CT molecular complexity index is 1250. The number of urea groups is 1. The van der Waals surface area contributed by atoms with E-state index in [1.165, 1.54) is 26.8 Å². The highest BCUT2D eigenvalue weighted by Gasteiger charge is 2.48. The maximum Gasteiger partial charge on any atom is 0.416 e. The van der Waals surface area contributed by atoms with Gasteiger partial charge in [0, 0.05) is 26.1 Å². The number of aryl methyl sites for hydroxylation is 1. The number of alkyl halides is 3. The van der Waals surface area contributed by atoms with Gasteiger partial charge in [0.05, 0.1) is 12.1 Å². The number of amides is 4. The molecule has 0 saturated carbocycles. The molecular formula is C28H33F4N5O3. The predicted molar refractivity (Wildman–Crippen MR) is 139 cm³/mol. The van der Waals surface area contributed by atoms with Crippen LogP contribution in [0.25, 0.3) is 0 Å². The van der Waals surface area contributed by atoms with Crippen LogP contribution in [0.5, 0.6) is 0 Å². The van der Waals surface area contributed by atoms with Crippen LogP contribution in [0.2, 0.25) is 0 Å². The first-order chi connectivity index (χ1) is 19.0. The number of nitrogens with one attached hydrogen (secondary N) is 1. The van der Waals surface area contributed by atoms with E-state index in [0.717, 1.165) is 12.1 Å². The Hall–Kier alpha value is -3.67. The molecule has 2 aromatic rings. The van der Waals surface area contributed by atoms with E-state index in [9.17, 15) is 31.9 Å². The van der Waals surface area contributed by atoms with E-state index in [1.54, 1.807) is 25.1 Å². The minimum atomic E-state index is -4.52. The molecule has 0 radical (unpaired) electrons. The van der Waals surface area contributed by atoms with Crippen LogP contribution in [0.1, 0.15) is 47.9 Å². The number of carbonyl (C=O) groups excluding carboxylic acids is 3. The topological polar surface area (TPSA) is 99.0 Å². The molecule has 8 nitrogen and oxygen atoms in total. The first kappa shape index (κ1) is 29.3. The summed E-state index contributed by atoms with van der Waals surface area (Å²) in [7, 11) is 0. The maximum absolute atomic E-state index is 13.8. The number of hydrogen-bond donors (Lipinski definition) is 2. The van der Waals surface area contributed by atoms with Crippen molar-refractivity contribution in [2.24, 2.45) is 5.73 Å².